The van der Waals surface area contributed by atoms with Gasteiger partial charge in [0, 0.05) is 12.8 Å². The van der Waals surface area contributed by atoms with Gasteiger partial charge in [-0.1, -0.05) is 178 Å². The van der Waals surface area contributed by atoms with Crippen LogP contribution < -0.4 is 0 Å². The number of ether oxygens (including phenoxy) is 1. The van der Waals surface area contributed by atoms with E-state index in [4.69, 9.17) is 9.84 Å². The monoisotopic (exact) mass is 671 g/mol. The molecule has 1 unspecified atom stereocenters. The quantitative estimate of drug-likeness (QED) is 0.0406. The minimum absolute atomic E-state index is 0.138. The van der Waals surface area contributed by atoms with Crippen molar-refractivity contribution >= 4 is 11.9 Å². The van der Waals surface area contributed by atoms with Gasteiger partial charge in [-0.05, 0) is 70.6 Å². The first-order valence-electron chi connectivity index (χ1n) is 20.6. The van der Waals surface area contributed by atoms with Crippen LogP contribution in [0.1, 0.15) is 213 Å². The van der Waals surface area contributed by atoms with Crippen LogP contribution in [0.4, 0.5) is 0 Å². The van der Waals surface area contributed by atoms with Crippen LogP contribution in [-0.2, 0) is 14.3 Å². The van der Waals surface area contributed by atoms with Gasteiger partial charge in [-0.3, -0.25) is 9.59 Å². The number of carbonyl (C=O) groups is 2. The lowest BCUT2D eigenvalue weighted by atomic mass is 10.0. The van der Waals surface area contributed by atoms with Gasteiger partial charge in [0.25, 0.3) is 0 Å². The summed E-state index contributed by atoms with van der Waals surface area (Å²) in [4.78, 5) is 23.5. The highest BCUT2D eigenvalue weighted by Crippen LogP contribution is 2.18. The maximum atomic E-state index is 12.5. The van der Waals surface area contributed by atoms with Gasteiger partial charge >= 0.3 is 11.9 Å². The minimum atomic E-state index is -0.781. The highest BCUT2D eigenvalue weighted by molar-refractivity contribution is 5.69. The zero-order valence-corrected chi connectivity index (χ0v) is 31.8. The first kappa shape index (κ1) is 45.9. The number of hydrogen-bond acceptors (Lipinski definition) is 3. The third kappa shape index (κ3) is 38.3. The van der Waals surface area contributed by atoms with E-state index in [1.165, 1.54) is 122 Å². The Morgan fingerprint density at radius 1 is 0.458 bits per heavy atom. The second-order valence-corrected chi connectivity index (χ2v) is 13.8. The standard InChI is InChI=1S/C44H78O4/c1-3-5-7-9-11-13-15-17-19-21-23-25-27-29-31-33-35-38-42(39-37-40-43(45)46)48-44(47)41-36-34-32-30-28-26-24-22-20-18-16-14-12-10-8-6-4-2/h12,14,18,20,24,26,30,32,42H,3-11,13,15-17,19,21-23,25,27-29,31,33-41H2,1-2H3,(H,45,46)/b14-12-,20-18-,26-24-,32-30-. The summed E-state index contributed by atoms with van der Waals surface area (Å²) in [5.41, 5.74) is 0. The molecule has 0 aromatic carbocycles. The molecule has 0 radical (unpaired) electrons. The summed E-state index contributed by atoms with van der Waals surface area (Å²) in [6, 6.07) is 0. The van der Waals surface area contributed by atoms with E-state index >= 15 is 0 Å². The van der Waals surface area contributed by atoms with E-state index in [2.05, 4.69) is 62.5 Å². The Bertz CT molecular complexity index is 809. The molecule has 0 rings (SSSR count). The van der Waals surface area contributed by atoms with E-state index in [9.17, 15) is 9.59 Å². The van der Waals surface area contributed by atoms with Gasteiger partial charge in [0.05, 0.1) is 0 Å². The fourth-order valence-corrected chi connectivity index (χ4v) is 6.01. The predicted octanol–water partition coefficient (Wildman–Crippen LogP) is 14.3. The summed E-state index contributed by atoms with van der Waals surface area (Å²) in [6.45, 7) is 4.52. The normalized spacial score (nSPS) is 12.7. The van der Waals surface area contributed by atoms with Crippen molar-refractivity contribution < 1.29 is 19.4 Å². The minimum Gasteiger partial charge on any atom is -0.481 e. The number of carbonyl (C=O) groups excluding carboxylic acids is 1. The lowest BCUT2D eigenvalue weighted by Gasteiger charge is -2.18. The van der Waals surface area contributed by atoms with Gasteiger partial charge in [0.2, 0.25) is 0 Å². The van der Waals surface area contributed by atoms with E-state index < -0.39 is 5.97 Å². The number of carboxylic acids is 1. The van der Waals surface area contributed by atoms with Crippen molar-refractivity contribution in [3.05, 3.63) is 48.6 Å². The van der Waals surface area contributed by atoms with Gasteiger partial charge in [-0.15, -0.1) is 0 Å². The van der Waals surface area contributed by atoms with Crippen molar-refractivity contribution in [2.45, 2.75) is 219 Å². The van der Waals surface area contributed by atoms with E-state index in [0.29, 0.717) is 19.3 Å². The Labute approximate surface area is 298 Å². The molecule has 0 saturated heterocycles. The smallest absolute Gasteiger partial charge is 0.306 e. The van der Waals surface area contributed by atoms with E-state index in [1.807, 2.05) is 0 Å². The average molecular weight is 671 g/mol. The molecule has 0 spiro atoms. The molecule has 0 bridgehead atoms. The summed E-state index contributed by atoms with van der Waals surface area (Å²) in [7, 11) is 0. The maximum Gasteiger partial charge on any atom is 0.306 e. The molecule has 0 aromatic heterocycles. The number of rotatable bonds is 37. The lowest BCUT2D eigenvalue weighted by molar-refractivity contribution is -0.150. The molecule has 0 aromatic rings. The van der Waals surface area contributed by atoms with Crippen molar-refractivity contribution in [1.29, 1.82) is 0 Å². The molecule has 1 atom stereocenters. The number of allylic oxidation sites excluding steroid dienone is 8. The first-order chi connectivity index (χ1) is 23.6. The van der Waals surface area contributed by atoms with Crippen molar-refractivity contribution in [1.82, 2.24) is 0 Å². The fourth-order valence-electron chi connectivity index (χ4n) is 6.01. The third-order valence-electron chi connectivity index (χ3n) is 9.05. The van der Waals surface area contributed by atoms with Crippen LogP contribution in [0.3, 0.4) is 0 Å². The number of esters is 1. The molecule has 0 aliphatic rings. The topological polar surface area (TPSA) is 63.6 Å². The van der Waals surface area contributed by atoms with Crippen molar-refractivity contribution in [3.8, 4) is 0 Å². The highest BCUT2D eigenvalue weighted by Gasteiger charge is 2.15. The molecule has 278 valence electrons. The van der Waals surface area contributed by atoms with Crippen LogP contribution in [0.15, 0.2) is 48.6 Å². The molecule has 0 aliphatic heterocycles. The molecular weight excluding hydrogens is 592 g/mol. The molecule has 48 heavy (non-hydrogen) atoms. The van der Waals surface area contributed by atoms with Gasteiger partial charge in [0.15, 0.2) is 0 Å². The summed E-state index contributed by atoms with van der Waals surface area (Å²) in [6.07, 6.45) is 52.7. The Kier molecular flexibility index (Phi) is 37.6. The molecule has 0 fully saturated rings. The molecule has 1 N–H and O–H groups in total. The Morgan fingerprint density at radius 3 is 1.29 bits per heavy atom. The molecule has 0 amide bonds. The second kappa shape index (κ2) is 39.3. The van der Waals surface area contributed by atoms with Crippen LogP contribution in [0.5, 0.6) is 0 Å². The van der Waals surface area contributed by atoms with Crippen LogP contribution in [0, 0.1) is 0 Å². The van der Waals surface area contributed by atoms with Crippen LogP contribution >= 0.6 is 0 Å². The number of aliphatic carboxylic acids is 1. The second-order valence-electron chi connectivity index (χ2n) is 13.8. The van der Waals surface area contributed by atoms with Gasteiger partial charge in [0.1, 0.15) is 6.10 Å². The molecular formula is C44H78O4. The van der Waals surface area contributed by atoms with Crippen LogP contribution in [0.25, 0.3) is 0 Å². The highest BCUT2D eigenvalue weighted by atomic mass is 16.5. The summed E-state index contributed by atoms with van der Waals surface area (Å²) in [5.74, 6) is -0.921. The summed E-state index contributed by atoms with van der Waals surface area (Å²) in [5, 5.41) is 9.03. The van der Waals surface area contributed by atoms with Gasteiger partial charge in [-0.2, -0.15) is 0 Å². The number of carboxylic acid groups (broad SMARTS) is 1. The molecule has 0 heterocycles. The first-order valence-corrected chi connectivity index (χ1v) is 20.6. The predicted molar refractivity (Wildman–Crippen MR) is 209 cm³/mol. The largest absolute Gasteiger partial charge is 0.481 e. The van der Waals surface area contributed by atoms with Gasteiger partial charge in [-0.25, -0.2) is 0 Å². The number of unbranched alkanes of at least 4 members (excludes halogenated alkanes) is 20. The van der Waals surface area contributed by atoms with Crippen LogP contribution in [-0.4, -0.2) is 23.1 Å². The number of hydrogen-bond donors (Lipinski definition) is 1. The van der Waals surface area contributed by atoms with E-state index in [0.717, 1.165) is 51.4 Å². The third-order valence-corrected chi connectivity index (χ3v) is 9.05. The molecule has 0 saturated carbocycles. The Balaban J connectivity index is 3.90. The SMILES string of the molecule is CCCCC/C=C\C/C=C\C/C=C\C/C=C\CCCC(=O)OC(CCCCCCCCCCCCCCCCCCC)CCCC(=O)O. The summed E-state index contributed by atoms with van der Waals surface area (Å²) < 4.78 is 5.81. The fraction of sp³-hybridized carbons (Fsp3) is 0.773. The van der Waals surface area contributed by atoms with Crippen LogP contribution in [0.2, 0.25) is 0 Å². The molecule has 4 heteroatoms. The van der Waals surface area contributed by atoms with Crippen molar-refractivity contribution in [2.24, 2.45) is 0 Å². The zero-order valence-electron chi connectivity index (χ0n) is 31.8. The molecule has 4 nitrogen and oxygen atoms in total. The summed E-state index contributed by atoms with van der Waals surface area (Å²) >= 11 is 0. The van der Waals surface area contributed by atoms with E-state index in [-0.39, 0.29) is 18.5 Å². The van der Waals surface area contributed by atoms with Gasteiger partial charge < -0.3 is 9.84 Å². The van der Waals surface area contributed by atoms with E-state index in [1.54, 1.807) is 0 Å². The van der Waals surface area contributed by atoms with Crippen molar-refractivity contribution in [3.63, 3.8) is 0 Å². The Morgan fingerprint density at radius 2 is 0.833 bits per heavy atom. The Hall–Kier alpha value is -2.10. The average Bonchev–Trinajstić information content (AvgIpc) is 3.07. The lowest BCUT2D eigenvalue weighted by Crippen LogP contribution is -2.18. The molecule has 0 aliphatic carbocycles. The maximum absolute atomic E-state index is 12.5. The van der Waals surface area contributed by atoms with Crippen molar-refractivity contribution in [2.75, 3.05) is 0 Å². The zero-order chi connectivity index (χ0) is 35.0.